The number of aliphatic hydroxyl groups is 1. The lowest BCUT2D eigenvalue weighted by molar-refractivity contribution is -0.693. The molecule has 0 spiro atoms. The smallest absolute Gasteiger partial charge is 0.168 e. The fourth-order valence-electron chi connectivity index (χ4n) is 2.51. The van der Waals surface area contributed by atoms with E-state index in [-0.39, 0.29) is 24.2 Å². The van der Waals surface area contributed by atoms with Crippen LogP contribution in [0.25, 0.3) is 0 Å². The monoisotopic (exact) mass is 383 g/mol. The van der Waals surface area contributed by atoms with Gasteiger partial charge in [-0.1, -0.05) is 35.9 Å². The lowest BCUT2D eigenvalue weighted by Gasteiger charge is -2.17. The first-order valence-corrected chi connectivity index (χ1v) is 8.33. The fourth-order valence-corrected chi connectivity index (χ4v) is 2.64. The maximum atomic E-state index is 12.2. The van der Waals surface area contributed by atoms with Crippen molar-refractivity contribution in [1.82, 2.24) is 0 Å². The summed E-state index contributed by atoms with van der Waals surface area (Å²) in [5.41, 5.74) is 1.47. The largest absolute Gasteiger partial charge is 1.00 e. The molecule has 2 aromatic rings. The van der Waals surface area contributed by atoms with Gasteiger partial charge in [0.1, 0.15) is 17.9 Å². The molecule has 25 heavy (non-hydrogen) atoms. The highest BCUT2D eigenvalue weighted by Crippen LogP contribution is 2.18. The van der Waals surface area contributed by atoms with Gasteiger partial charge in [0.15, 0.2) is 5.78 Å². The number of carbonyl (C=O) groups excluding carboxylic acids is 1. The topological polar surface area (TPSA) is 63.1 Å². The van der Waals surface area contributed by atoms with Gasteiger partial charge in [-0.2, -0.15) is 0 Å². The van der Waals surface area contributed by atoms with E-state index in [0.29, 0.717) is 29.3 Å². The number of carbonyl (C=O) groups is 1. The molecule has 2 unspecified atom stereocenters. The number of nitrogens with two attached hydrogens (primary N) is 1. The zero-order valence-electron chi connectivity index (χ0n) is 14.3. The van der Waals surface area contributed by atoms with Crippen molar-refractivity contribution in [2.75, 3.05) is 13.7 Å². The van der Waals surface area contributed by atoms with Crippen LogP contribution in [-0.4, -0.2) is 30.6 Å². The van der Waals surface area contributed by atoms with Crippen LogP contribution < -0.4 is 22.5 Å². The quantitative estimate of drug-likeness (QED) is 0.610. The lowest BCUT2D eigenvalue weighted by atomic mass is 10.0. The average molecular weight is 384 g/mol. The molecule has 0 saturated carbocycles. The molecule has 0 aliphatic carbocycles. The van der Waals surface area contributed by atoms with Gasteiger partial charge in [-0.15, -0.1) is 0 Å². The summed E-state index contributed by atoms with van der Waals surface area (Å²) in [7, 11) is 1.58. The standard InChI is InChI=1S/C19H22ClNO3.ClH/c1-13(19(23)14-6-8-16(20)9-7-14)21-11-10-18(22)15-4-3-5-17(12-15)24-2;/h3-9,12-13,19,21,23H,10-11H2,1-2H3;1H. The molecule has 0 saturated heterocycles. The molecule has 0 radical (unpaired) electrons. The van der Waals surface area contributed by atoms with Crippen LogP contribution in [0.4, 0.5) is 0 Å². The van der Waals surface area contributed by atoms with Crippen LogP contribution in [0.1, 0.15) is 35.4 Å². The Labute approximate surface area is 159 Å². The molecular weight excluding hydrogens is 361 g/mol. The molecule has 2 aromatic carbocycles. The van der Waals surface area contributed by atoms with Gasteiger partial charge in [0, 0.05) is 10.6 Å². The summed E-state index contributed by atoms with van der Waals surface area (Å²) in [6.07, 6.45) is -0.195. The summed E-state index contributed by atoms with van der Waals surface area (Å²) in [4.78, 5) is 12.2. The lowest BCUT2D eigenvalue weighted by Crippen LogP contribution is -3.00. The Balaban J connectivity index is 0.00000312. The predicted octanol–water partition coefficient (Wildman–Crippen LogP) is -0.389. The number of rotatable bonds is 8. The van der Waals surface area contributed by atoms with E-state index in [1.54, 1.807) is 31.4 Å². The molecule has 0 amide bonds. The number of quaternary nitrogens is 1. The number of Topliss-reactive ketones (excluding diaryl/α,β-unsaturated/α-hetero) is 1. The fraction of sp³-hybridized carbons (Fsp3) is 0.316. The first-order valence-electron chi connectivity index (χ1n) is 7.95. The number of aliphatic hydroxyl groups excluding tert-OH is 1. The van der Waals surface area contributed by atoms with Crippen molar-refractivity contribution < 1.29 is 32.4 Å². The second-order valence-electron chi connectivity index (χ2n) is 5.79. The van der Waals surface area contributed by atoms with Crippen molar-refractivity contribution in [2.24, 2.45) is 0 Å². The molecule has 0 aliphatic rings. The minimum Gasteiger partial charge on any atom is -1.00 e. The van der Waals surface area contributed by atoms with E-state index in [0.717, 1.165) is 5.56 Å². The third-order valence-electron chi connectivity index (χ3n) is 4.01. The van der Waals surface area contributed by atoms with Crippen molar-refractivity contribution in [2.45, 2.75) is 25.5 Å². The molecule has 0 heterocycles. The van der Waals surface area contributed by atoms with Gasteiger partial charge in [0.2, 0.25) is 0 Å². The van der Waals surface area contributed by atoms with Crippen LogP contribution in [0, 0.1) is 0 Å². The Morgan fingerprint density at radius 2 is 1.92 bits per heavy atom. The molecule has 4 nitrogen and oxygen atoms in total. The molecule has 2 atom stereocenters. The summed E-state index contributed by atoms with van der Waals surface area (Å²) >= 11 is 5.86. The molecule has 0 aliphatic heterocycles. The summed E-state index contributed by atoms with van der Waals surface area (Å²) in [6.45, 7) is 2.55. The molecular formula is C19H23Cl2NO3. The normalized spacial score (nSPS) is 12.8. The highest BCUT2D eigenvalue weighted by atomic mass is 35.5. The second kappa shape index (κ2) is 10.4. The molecule has 0 bridgehead atoms. The molecule has 2 rings (SSSR count). The number of ether oxygens (including phenoxy) is 1. The van der Waals surface area contributed by atoms with Gasteiger partial charge in [-0.05, 0) is 36.8 Å². The number of hydrogen-bond donors (Lipinski definition) is 2. The predicted molar refractivity (Wildman–Crippen MR) is 94.6 cm³/mol. The zero-order chi connectivity index (χ0) is 17.5. The summed E-state index contributed by atoms with van der Waals surface area (Å²) in [5.74, 6) is 0.745. The Kier molecular flexibility index (Phi) is 8.93. The van der Waals surface area contributed by atoms with Crippen LogP contribution in [0.3, 0.4) is 0 Å². The average Bonchev–Trinajstić information content (AvgIpc) is 2.61. The SMILES string of the molecule is COc1cccc(C(=O)CC[NH2+]C(C)C(O)c2ccc(Cl)cc2)c1.[Cl-]. The number of benzene rings is 2. The minimum absolute atomic E-state index is 0. The molecule has 136 valence electrons. The first-order chi connectivity index (χ1) is 11.5. The van der Waals surface area contributed by atoms with Gasteiger partial charge in [0.05, 0.1) is 20.1 Å². The van der Waals surface area contributed by atoms with Gasteiger partial charge >= 0.3 is 0 Å². The van der Waals surface area contributed by atoms with Crippen molar-refractivity contribution >= 4 is 17.4 Å². The summed E-state index contributed by atoms with van der Waals surface area (Å²) in [5, 5.41) is 13.0. The molecule has 3 N–H and O–H groups in total. The van der Waals surface area contributed by atoms with Crippen molar-refractivity contribution in [3.63, 3.8) is 0 Å². The highest BCUT2D eigenvalue weighted by Gasteiger charge is 2.19. The van der Waals surface area contributed by atoms with E-state index in [1.165, 1.54) is 0 Å². The van der Waals surface area contributed by atoms with Crippen LogP contribution in [0.5, 0.6) is 5.75 Å². The third kappa shape index (κ3) is 6.33. The van der Waals surface area contributed by atoms with Crippen molar-refractivity contribution in [3.8, 4) is 5.75 Å². The number of methoxy groups -OCH3 is 1. The van der Waals surface area contributed by atoms with Crippen LogP contribution in [0.15, 0.2) is 48.5 Å². The minimum atomic E-state index is -0.603. The number of ketones is 1. The Hall–Kier alpha value is -1.59. The van der Waals surface area contributed by atoms with E-state index in [9.17, 15) is 9.90 Å². The summed E-state index contributed by atoms with van der Waals surface area (Å²) in [6, 6.07) is 14.3. The van der Waals surface area contributed by atoms with Gasteiger partial charge in [-0.25, -0.2) is 0 Å². The maximum absolute atomic E-state index is 12.2. The molecule has 0 aromatic heterocycles. The molecule has 6 heteroatoms. The van der Waals surface area contributed by atoms with E-state index >= 15 is 0 Å². The van der Waals surface area contributed by atoms with E-state index < -0.39 is 6.10 Å². The highest BCUT2D eigenvalue weighted by molar-refractivity contribution is 6.30. The van der Waals surface area contributed by atoms with Crippen LogP contribution in [-0.2, 0) is 0 Å². The Bertz CT molecular complexity index is 677. The van der Waals surface area contributed by atoms with Crippen LogP contribution >= 0.6 is 11.6 Å². The first kappa shape index (κ1) is 21.5. The van der Waals surface area contributed by atoms with E-state index in [2.05, 4.69) is 0 Å². The van der Waals surface area contributed by atoms with Crippen molar-refractivity contribution in [3.05, 3.63) is 64.7 Å². The summed E-state index contributed by atoms with van der Waals surface area (Å²) < 4.78 is 5.13. The Morgan fingerprint density at radius 1 is 1.24 bits per heavy atom. The maximum Gasteiger partial charge on any atom is 0.168 e. The van der Waals surface area contributed by atoms with Gasteiger partial charge in [-0.3, -0.25) is 4.79 Å². The van der Waals surface area contributed by atoms with Gasteiger partial charge in [0.25, 0.3) is 0 Å². The zero-order valence-corrected chi connectivity index (χ0v) is 15.8. The van der Waals surface area contributed by atoms with Crippen LogP contribution in [0.2, 0.25) is 5.02 Å². The van der Waals surface area contributed by atoms with E-state index in [4.69, 9.17) is 16.3 Å². The van der Waals surface area contributed by atoms with E-state index in [1.807, 2.05) is 36.5 Å². The van der Waals surface area contributed by atoms with Gasteiger partial charge < -0.3 is 27.6 Å². The molecule has 0 fully saturated rings. The third-order valence-corrected chi connectivity index (χ3v) is 4.26. The number of halogens is 2. The van der Waals surface area contributed by atoms with Crippen molar-refractivity contribution in [1.29, 1.82) is 0 Å². The number of hydrogen-bond acceptors (Lipinski definition) is 3. The Morgan fingerprint density at radius 3 is 2.56 bits per heavy atom. The second-order valence-corrected chi connectivity index (χ2v) is 6.22.